The first-order valence-electron chi connectivity index (χ1n) is 6.44. The summed E-state index contributed by atoms with van der Waals surface area (Å²) in [7, 11) is 0. The van der Waals surface area contributed by atoms with E-state index < -0.39 is 0 Å². The van der Waals surface area contributed by atoms with Crippen LogP contribution < -0.4 is 5.32 Å². The number of amidine groups is 1. The lowest BCUT2D eigenvalue weighted by atomic mass is 9.90. The van der Waals surface area contributed by atoms with Gasteiger partial charge in [0.1, 0.15) is 0 Å². The van der Waals surface area contributed by atoms with Gasteiger partial charge in [0.25, 0.3) is 0 Å². The smallest absolute Gasteiger partial charge is 0.156 e. The van der Waals surface area contributed by atoms with Gasteiger partial charge in [-0.05, 0) is 11.8 Å². The minimum Gasteiger partial charge on any atom is -0.363 e. The third-order valence-electron chi connectivity index (χ3n) is 2.76. The van der Waals surface area contributed by atoms with Crippen molar-refractivity contribution < 1.29 is 0 Å². The fourth-order valence-corrected chi connectivity index (χ4v) is 3.40. The number of imidazole rings is 1. The third kappa shape index (κ3) is 4.37. The van der Waals surface area contributed by atoms with E-state index in [-0.39, 0.29) is 0 Å². The summed E-state index contributed by atoms with van der Waals surface area (Å²) in [5.41, 5.74) is 0.388. The van der Waals surface area contributed by atoms with Crippen molar-refractivity contribution in [2.45, 2.75) is 39.0 Å². The second-order valence-electron chi connectivity index (χ2n) is 5.88. The molecule has 1 atom stereocenters. The minimum absolute atomic E-state index is 0.388. The first-order chi connectivity index (χ1) is 8.53. The third-order valence-corrected chi connectivity index (χ3v) is 3.91. The molecule has 0 saturated heterocycles. The molecular weight excluding hydrogens is 244 g/mol. The number of hydrogen-bond donors (Lipinski definition) is 1. The molecule has 1 aromatic rings. The Morgan fingerprint density at radius 2 is 2.33 bits per heavy atom. The maximum Gasteiger partial charge on any atom is 0.156 e. The molecule has 5 heteroatoms. The number of nitrogens with zero attached hydrogens (tertiary/aromatic N) is 3. The zero-order valence-corrected chi connectivity index (χ0v) is 12.2. The van der Waals surface area contributed by atoms with Crippen LogP contribution in [0.5, 0.6) is 0 Å². The monoisotopic (exact) mass is 266 g/mol. The van der Waals surface area contributed by atoms with Gasteiger partial charge in [0, 0.05) is 30.7 Å². The summed E-state index contributed by atoms with van der Waals surface area (Å²) in [6, 6.07) is 0. The van der Waals surface area contributed by atoms with Crippen molar-refractivity contribution in [3.05, 3.63) is 18.7 Å². The van der Waals surface area contributed by atoms with E-state index in [9.17, 15) is 0 Å². The summed E-state index contributed by atoms with van der Waals surface area (Å²) >= 11 is 1.89. The Bertz CT molecular complexity index is 392. The largest absolute Gasteiger partial charge is 0.363 e. The highest BCUT2D eigenvalue weighted by Gasteiger charge is 2.24. The normalized spacial score (nSPS) is 19.9. The quantitative estimate of drug-likeness (QED) is 0.910. The van der Waals surface area contributed by atoms with E-state index in [1.807, 2.05) is 24.3 Å². The van der Waals surface area contributed by atoms with Crippen LogP contribution in [0.4, 0.5) is 0 Å². The zero-order valence-electron chi connectivity index (χ0n) is 11.4. The maximum absolute atomic E-state index is 4.56. The van der Waals surface area contributed by atoms with Crippen LogP contribution in [0.15, 0.2) is 23.7 Å². The molecule has 1 unspecified atom stereocenters. The number of nitrogens with one attached hydrogen (secondary N) is 1. The molecule has 18 heavy (non-hydrogen) atoms. The van der Waals surface area contributed by atoms with Gasteiger partial charge in [0.2, 0.25) is 0 Å². The second-order valence-corrected chi connectivity index (χ2v) is 7.17. The molecule has 1 aromatic heterocycles. The molecule has 0 amide bonds. The fourth-order valence-electron chi connectivity index (χ4n) is 2.01. The molecule has 100 valence electrons. The van der Waals surface area contributed by atoms with Gasteiger partial charge in [0.05, 0.1) is 12.9 Å². The first-order valence-corrected chi connectivity index (χ1v) is 7.32. The summed E-state index contributed by atoms with van der Waals surface area (Å²) in [5.74, 6) is 0. The van der Waals surface area contributed by atoms with Crippen LogP contribution >= 0.6 is 11.8 Å². The summed E-state index contributed by atoms with van der Waals surface area (Å²) in [5, 5.41) is 5.14. The van der Waals surface area contributed by atoms with Crippen molar-refractivity contribution in [2.75, 3.05) is 13.1 Å². The van der Waals surface area contributed by atoms with Crippen LogP contribution in [-0.4, -0.2) is 33.1 Å². The van der Waals surface area contributed by atoms with Crippen molar-refractivity contribution in [1.82, 2.24) is 14.9 Å². The number of thioether (sulfide) groups is 1. The molecule has 1 aliphatic heterocycles. The Labute approximate surface area is 113 Å². The molecule has 1 aliphatic rings. The lowest BCUT2D eigenvalue weighted by molar-refractivity contribution is 0.375. The SMILES string of the molecule is CC(C)(C)CC1CN=C(NCCn2ccnc2)S1. The molecule has 0 aromatic carbocycles. The highest BCUT2D eigenvalue weighted by molar-refractivity contribution is 8.14. The maximum atomic E-state index is 4.56. The Hall–Kier alpha value is -0.970. The van der Waals surface area contributed by atoms with Gasteiger partial charge in [-0.25, -0.2) is 4.98 Å². The average molecular weight is 266 g/mol. The van der Waals surface area contributed by atoms with Crippen LogP contribution in [0.2, 0.25) is 0 Å². The van der Waals surface area contributed by atoms with E-state index >= 15 is 0 Å². The summed E-state index contributed by atoms with van der Waals surface area (Å²) in [4.78, 5) is 8.59. The standard InChI is InChI=1S/C13H22N4S/c1-13(2,3)8-11-9-16-12(18-11)15-5-7-17-6-4-14-10-17/h4,6,10-11H,5,7-9H2,1-3H3,(H,15,16). The molecule has 4 nitrogen and oxygen atoms in total. The lowest BCUT2D eigenvalue weighted by Crippen LogP contribution is -2.24. The van der Waals surface area contributed by atoms with E-state index in [4.69, 9.17) is 0 Å². The molecule has 0 spiro atoms. The molecule has 0 bridgehead atoms. The van der Waals surface area contributed by atoms with E-state index in [2.05, 4.69) is 40.6 Å². The van der Waals surface area contributed by atoms with Crippen LogP contribution in [0, 0.1) is 5.41 Å². The molecule has 2 heterocycles. The molecule has 0 fully saturated rings. The Balaban J connectivity index is 1.66. The average Bonchev–Trinajstić information content (AvgIpc) is 2.88. The summed E-state index contributed by atoms with van der Waals surface area (Å²) in [6.45, 7) is 9.66. The second kappa shape index (κ2) is 5.78. The molecule has 2 rings (SSSR count). The highest BCUT2D eigenvalue weighted by atomic mass is 32.2. The highest BCUT2D eigenvalue weighted by Crippen LogP contribution is 2.31. The molecule has 1 N–H and O–H groups in total. The molecule has 0 saturated carbocycles. The van der Waals surface area contributed by atoms with Crippen LogP contribution in [-0.2, 0) is 6.54 Å². The predicted octanol–water partition coefficient (Wildman–Crippen LogP) is 2.38. The van der Waals surface area contributed by atoms with Crippen molar-refractivity contribution in [1.29, 1.82) is 0 Å². The van der Waals surface area contributed by atoms with Crippen molar-refractivity contribution in [3.8, 4) is 0 Å². The Kier molecular flexibility index (Phi) is 4.32. The van der Waals surface area contributed by atoms with E-state index in [0.717, 1.165) is 24.8 Å². The number of hydrogen-bond acceptors (Lipinski definition) is 4. The van der Waals surface area contributed by atoms with Gasteiger partial charge < -0.3 is 9.88 Å². The van der Waals surface area contributed by atoms with Gasteiger partial charge in [-0.3, -0.25) is 4.99 Å². The summed E-state index contributed by atoms with van der Waals surface area (Å²) in [6.07, 6.45) is 6.84. The zero-order chi connectivity index (χ0) is 13.0. The van der Waals surface area contributed by atoms with Gasteiger partial charge in [-0.15, -0.1) is 0 Å². The fraction of sp³-hybridized carbons (Fsp3) is 0.692. The Morgan fingerprint density at radius 3 is 3.00 bits per heavy atom. The van der Waals surface area contributed by atoms with Gasteiger partial charge in [0.15, 0.2) is 5.17 Å². The van der Waals surface area contributed by atoms with Crippen LogP contribution in [0.25, 0.3) is 0 Å². The van der Waals surface area contributed by atoms with Crippen molar-refractivity contribution >= 4 is 16.9 Å². The van der Waals surface area contributed by atoms with Crippen molar-refractivity contribution in [3.63, 3.8) is 0 Å². The van der Waals surface area contributed by atoms with Crippen molar-refractivity contribution in [2.24, 2.45) is 10.4 Å². The van der Waals surface area contributed by atoms with Crippen LogP contribution in [0.3, 0.4) is 0 Å². The van der Waals surface area contributed by atoms with E-state index in [0.29, 0.717) is 10.7 Å². The van der Waals surface area contributed by atoms with E-state index in [1.54, 1.807) is 6.20 Å². The minimum atomic E-state index is 0.388. The topological polar surface area (TPSA) is 42.2 Å². The van der Waals surface area contributed by atoms with Gasteiger partial charge in [-0.2, -0.15) is 0 Å². The summed E-state index contributed by atoms with van der Waals surface area (Å²) < 4.78 is 2.07. The van der Waals surface area contributed by atoms with E-state index in [1.165, 1.54) is 6.42 Å². The molecule has 0 aliphatic carbocycles. The predicted molar refractivity (Wildman–Crippen MR) is 78.0 cm³/mol. The molecule has 0 radical (unpaired) electrons. The number of aromatic nitrogens is 2. The Morgan fingerprint density at radius 1 is 1.50 bits per heavy atom. The van der Waals surface area contributed by atoms with Gasteiger partial charge >= 0.3 is 0 Å². The number of aliphatic imine (C=N–C) groups is 1. The molecular formula is C13H22N4S. The number of rotatable bonds is 4. The van der Waals surface area contributed by atoms with Gasteiger partial charge in [-0.1, -0.05) is 32.5 Å². The first kappa shape index (κ1) is 13.5. The lowest BCUT2D eigenvalue weighted by Gasteiger charge is -2.21. The van der Waals surface area contributed by atoms with Crippen LogP contribution in [0.1, 0.15) is 27.2 Å².